The first-order valence-electron chi connectivity index (χ1n) is 8.92. The lowest BCUT2D eigenvalue weighted by atomic mass is 10.3. The van der Waals surface area contributed by atoms with Crippen molar-refractivity contribution in [3.63, 3.8) is 0 Å². The molecule has 0 aliphatic heterocycles. The highest BCUT2D eigenvalue weighted by Crippen LogP contribution is 2.33. The molecule has 9 heteroatoms. The van der Waals surface area contributed by atoms with Gasteiger partial charge in [-0.1, -0.05) is 18.2 Å². The summed E-state index contributed by atoms with van der Waals surface area (Å²) in [4.78, 5) is 13.8. The molecular formula is C22H20ClF2N3O2S. The average molecular weight is 464 g/mol. The third-order valence-corrected chi connectivity index (χ3v) is 4.75. The van der Waals surface area contributed by atoms with Crippen molar-refractivity contribution in [1.82, 2.24) is 4.98 Å². The summed E-state index contributed by atoms with van der Waals surface area (Å²) >= 11 is 6.92. The lowest BCUT2D eigenvalue weighted by Crippen LogP contribution is -1.97. The van der Waals surface area contributed by atoms with Gasteiger partial charge in [-0.2, -0.15) is 0 Å². The molecule has 0 spiro atoms. The Morgan fingerprint density at radius 3 is 2.48 bits per heavy atom. The molecule has 0 radical (unpaired) electrons. The molecule has 31 heavy (non-hydrogen) atoms. The predicted molar refractivity (Wildman–Crippen MR) is 122 cm³/mol. The summed E-state index contributed by atoms with van der Waals surface area (Å²) in [6.45, 7) is 4.57. The van der Waals surface area contributed by atoms with E-state index in [1.807, 2.05) is 44.3 Å². The van der Waals surface area contributed by atoms with Gasteiger partial charge in [-0.3, -0.25) is 4.79 Å². The van der Waals surface area contributed by atoms with E-state index in [9.17, 15) is 8.78 Å². The number of pyridine rings is 1. The first kappa shape index (κ1) is 24.2. The van der Waals surface area contributed by atoms with Crippen LogP contribution >= 0.6 is 23.5 Å². The molecule has 5 nitrogen and oxygen atoms in total. The zero-order valence-electron chi connectivity index (χ0n) is 16.8. The smallest absolute Gasteiger partial charge is 0.243 e. The Morgan fingerprint density at radius 2 is 1.90 bits per heavy atom. The minimum atomic E-state index is -0.926. The van der Waals surface area contributed by atoms with Crippen molar-refractivity contribution in [3.05, 3.63) is 83.5 Å². The van der Waals surface area contributed by atoms with Gasteiger partial charge in [0, 0.05) is 24.0 Å². The number of aromatic nitrogens is 1. The second-order valence-corrected chi connectivity index (χ2v) is 7.37. The lowest BCUT2D eigenvalue weighted by molar-refractivity contribution is -0.106. The summed E-state index contributed by atoms with van der Waals surface area (Å²) < 4.78 is 33.8. The van der Waals surface area contributed by atoms with E-state index in [4.69, 9.17) is 21.1 Å². The molecule has 0 saturated carbocycles. The summed E-state index contributed by atoms with van der Waals surface area (Å²) in [5.74, 6) is -0.244. The number of carbonyl (C=O) groups is 1. The number of halogens is 3. The number of hydrogen-bond donors (Lipinski definition) is 2. The van der Waals surface area contributed by atoms with E-state index in [-0.39, 0.29) is 12.1 Å². The molecule has 1 aromatic heterocycles. The van der Waals surface area contributed by atoms with E-state index in [0.29, 0.717) is 27.2 Å². The highest BCUT2D eigenvalue weighted by atomic mass is 35.5. The number of allylic oxidation sites excluding steroid dienone is 1. The first-order valence-corrected chi connectivity index (χ1v) is 10.1. The van der Waals surface area contributed by atoms with Gasteiger partial charge in [0.05, 0.1) is 4.90 Å². The fourth-order valence-corrected chi connectivity index (χ4v) is 3.00. The molecule has 0 bridgehead atoms. The average Bonchev–Trinajstić information content (AvgIpc) is 2.75. The Hall–Kier alpha value is -3.10. The molecular weight excluding hydrogens is 444 g/mol. The summed E-state index contributed by atoms with van der Waals surface area (Å²) in [7, 11) is 1.85. The van der Waals surface area contributed by atoms with Crippen molar-refractivity contribution in [2.75, 3.05) is 17.1 Å². The maximum atomic E-state index is 14.0. The van der Waals surface area contributed by atoms with Crippen molar-refractivity contribution in [2.24, 2.45) is 0 Å². The van der Waals surface area contributed by atoms with Crippen LogP contribution in [-0.4, -0.2) is 18.3 Å². The van der Waals surface area contributed by atoms with Crippen LogP contribution in [0.5, 0.6) is 11.6 Å². The molecule has 0 aliphatic rings. The number of nitrogens with one attached hydrogen (secondary N) is 2. The summed E-state index contributed by atoms with van der Waals surface area (Å²) in [5, 5.41) is 3.41. The lowest BCUT2D eigenvalue weighted by Gasteiger charge is -2.13. The molecule has 2 aromatic carbocycles. The van der Waals surface area contributed by atoms with Gasteiger partial charge in [0.15, 0.2) is 12.1 Å². The van der Waals surface area contributed by atoms with Crippen LogP contribution in [0.1, 0.15) is 5.56 Å². The van der Waals surface area contributed by atoms with Crippen LogP contribution in [0.25, 0.3) is 0 Å². The molecule has 2 N–H and O–H groups in total. The number of hydrogen-bond acceptors (Lipinski definition) is 6. The van der Waals surface area contributed by atoms with E-state index in [1.54, 1.807) is 18.3 Å². The van der Waals surface area contributed by atoms with E-state index in [2.05, 4.69) is 21.6 Å². The number of benzene rings is 2. The molecule has 1 heterocycles. The largest absolute Gasteiger partial charge is 0.437 e. The van der Waals surface area contributed by atoms with Gasteiger partial charge in [0.25, 0.3) is 0 Å². The second-order valence-electron chi connectivity index (χ2n) is 6.09. The summed E-state index contributed by atoms with van der Waals surface area (Å²) in [6.07, 6.45) is 1.77. The third-order valence-electron chi connectivity index (χ3n) is 3.64. The Balaban J connectivity index is 0.000000614. The summed E-state index contributed by atoms with van der Waals surface area (Å²) in [6, 6.07) is 14.0. The zero-order chi connectivity index (χ0) is 22.8. The van der Waals surface area contributed by atoms with E-state index < -0.39 is 5.83 Å². The van der Waals surface area contributed by atoms with Gasteiger partial charge in [-0.05, 0) is 73.0 Å². The molecule has 0 aliphatic carbocycles. The van der Waals surface area contributed by atoms with Gasteiger partial charge in [-0.25, -0.2) is 13.8 Å². The first-order chi connectivity index (χ1) is 14.8. The number of anilines is 2. The SMILES string of the molecule is C=C(F)C=O.CNc1ccc(Oc2ncc(C)cc2NSc2ccc(Cl)cc2F)cc1. The second kappa shape index (κ2) is 11.9. The van der Waals surface area contributed by atoms with Crippen LogP contribution < -0.4 is 14.8 Å². The number of rotatable bonds is 7. The normalized spacial score (nSPS) is 9.84. The Bertz CT molecular complexity index is 1050. The van der Waals surface area contributed by atoms with Crippen molar-refractivity contribution in [2.45, 2.75) is 11.8 Å². The highest BCUT2D eigenvalue weighted by molar-refractivity contribution is 8.00. The quantitative estimate of drug-likeness (QED) is 0.228. The van der Waals surface area contributed by atoms with E-state index >= 15 is 0 Å². The van der Waals surface area contributed by atoms with Gasteiger partial charge in [-0.15, -0.1) is 0 Å². The van der Waals surface area contributed by atoms with Crippen LogP contribution in [0.3, 0.4) is 0 Å². The minimum Gasteiger partial charge on any atom is -0.437 e. The molecule has 0 saturated heterocycles. The predicted octanol–water partition coefficient (Wildman–Crippen LogP) is 6.80. The van der Waals surface area contributed by atoms with E-state index in [1.165, 1.54) is 6.07 Å². The van der Waals surface area contributed by atoms with Gasteiger partial charge >= 0.3 is 0 Å². The topological polar surface area (TPSA) is 63.2 Å². The molecule has 3 rings (SSSR count). The molecule has 0 atom stereocenters. The zero-order valence-corrected chi connectivity index (χ0v) is 18.4. The molecule has 162 valence electrons. The van der Waals surface area contributed by atoms with Crippen molar-refractivity contribution >= 4 is 41.2 Å². The number of aryl methyl sites for hydroxylation is 1. The number of aldehydes is 1. The standard InChI is InChI=1S/C19H17ClFN3OS.C3H3FO/c1-12-9-17(24-26-18-8-3-13(20)10-16(18)21)19(23-11-12)25-15-6-4-14(22-2)5-7-15;1-3(4)2-5/h3-11,22,24H,1-2H3;2H,1H2. The number of ether oxygens (including phenoxy) is 1. The third kappa shape index (κ3) is 7.92. The van der Waals surface area contributed by atoms with Crippen LogP contribution in [0, 0.1) is 12.7 Å². The highest BCUT2D eigenvalue weighted by Gasteiger charge is 2.10. The number of carbonyl (C=O) groups excluding carboxylic acids is 1. The summed E-state index contributed by atoms with van der Waals surface area (Å²) in [5.41, 5.74) is 2.60. The Morgan fingerprint density at radius 1 is 1.23 bits per heavy atom. The maximum absolute atomic E-state index is 14.0. The Labute approximate surface area is 188 Å². The van der Waals surface area contributed by atoms with Crippen LogP contribution in [0.2, 0.25) is 5.02 Å². The fraction of sp³-hybridized carbons (Fsp3) is 0.0909. The van der Waals surface area contributed by atoms with Gasteiger partial charge in [0.2, 0.25) is 5.88 Å². The van der Waals surface area contributed by atoms with Crippen molar-refractivity contribution in [3.8, 4) is 11.6 Å². The van der Waals surface area contributed by atoms with Crippen LogP contribution in [0.4, 0.5) is 20.2 Å². The maximum Gasteiger partial charge on any atom is 0.243 e. The monoisotopic (exact) mass is 463 g/mol. The molecule has 0 unspecified atom stereocenters. The minimum absolute atomic E-state index is 0.0556. The van der Waals surface area contributed by atoms with Crippen LogP contribution in [-0.2, 0) is 4.79 Å². The van der Waals surface area contributed by atoms with Crippen molar-refractivity contribution < 1.29 is 18.3 Å². The van der Waals surface area contributed by atoms with Crippen LogP contribution in [0.15, 0.2) is 72.0 Å². The molecule has 3 aromatic rings. The number of nitrogens with zero attached hydrogens (tertiary/aromatic N) is 1. The molecule has 0 fully saturated rings. The van der Waals surface area contributed by atoms with Crippen molar-refractivity contribution in [1.29, 1.82) is 0 Å². The molecule has 0 amide bonds. The van der Waals surface area contributed by atoms with Gasteiger partial charge < -0.3 is 14.8 Å². The fourth-order valence-electron chi connectivity index (χ4n) is 2.18. The van der Waals surface area contributed by atoms with Gasteiger partial charge in [0.1, 0.15) is 17.3 Å². The van der Waals surface area contributed by atoms with E-state index in [0.717, 1.165) is 23.2 Å². The Kier molecular flexibility index (Phi) is 9.30.